The number of primary amides is 1. The Morgan fingerprint density at radius 1 is 1.33 bits per heavy atom. The topological polar surface area (TPSA) is 78.3 Å². The van der Waals surface area contributed by atoms with Crippen LogP contribution >= 0.6 is 0 Å². The van der Waals surface area contributed by atoms with Crippen LogP contribution in [0.1, 0.15) is 27.7 Å². The quantitative estimate of drug-likeness (QED) is 0.632. The molecule has 0 fully saturated rings. The van der Waals surface area contributed by atoms with Crippen molar-refractivity contribution in [1.29, 1.82) is 0 Å². The second-order valence-corrected chi connectivity index (χ2v) is 4.18. The van der Waals surface area contributed by atoms with Gasteiger partial charge in [-0.3, -0.25) is 4.79 Å². The van der Waals surface area contributed by atoms with Crippen molar-refractivity contribution in [1.82, 2.24) is 0 Å². The molecule has 4 heteroatoms. The highest BCUT2D eigenvalue weighted by molar-refractivity contribution is 5.83. The number of ether oxygens (including phenoxy) is 1. The molecule has 0 spiro atoms. The predicted octanol–water partition coefficient (Wildman–Crippen LogP) is 0.00420. The van der Waals surface area contributed by atoms with E-state index in [9.17, 15) is 4.79 Å². The summed E-state index contributed by atoms with van der Waals surface area (Å²) in [5.74, 6) is -0.549. The first-order chi connectivity index (χ1) is 5.15. The SMILES string of the molecule is CC(C)(C)OCC(C)(N)C(N)=O. The van der Waals surface area contributed by atoms with Gasteiger partial charge in [0, 0.05) is 0 Å². The van der Waals surface area contributed by atoms with E-state index in [0.717, 1.165) is 0 Å². The van der Waals surface area contributed by atoms with Crippen molar-refractivity contribution in [2.75, 3.05) is 6.61 Å². The fraction of sp³-hybridized carbons (Fsp3) is 0.875. The third kappa shape index (κ3) is 4.31. The highest BCUT2D eigenvalue weighted by Gasteiger charge is 2.28. The molecule has 0 aromatic heterocycles. The maximum absolute atomic E-state index is 10.8. The van der Waals surface area contributed by atoms with Crippen LogP contribution in [0.2, 0.25) is 0 Å². The number of hydrogen-bond acceptors (Lipinski definition) is 3. The highest BCUT2D eigenvalue weighted by atomic mass is 16.5. The second-order valence-electron chi connectivity index (χ2n) is 4.18. The Morgan fingerprint density at radius 3 is 2.00 bits per heavy atom. The lowest BCUT2D eigenvalue weighted by Crippen LogP contribution is -2.54. The molecule has 0 bridgehead atoms. The molecule has 12 heavy (non-hydrogen) atoms. The van der Waals surface area contributed by atoms with Gasteiger partial charge in [0.2, 0.25) is 5.91 Å². The molecular formula is C8H18N2O2. The van der Waals surface area contributed by atoms with Crippen LogP contribution in [-0.2, 0) is 9.53 Å². The average molecular weight is 174 g/mol. The van der Waals surface area contributed by atoms with E-state index in [-0.39, 0.29) is 12.2 Å². The summed E-state index contributed by atoms with van der Waals surface area (Å²) in [5.41, 5.74) is 9.25. The van der Waals surface area contributed by atoms with E-state index in [2.05, 4.69) is 0 Å². The molecule has 0 aromatic carbocycles. The Bertz CT molecular complexity index is 170. The van der Waals surface area contributed by atoms with Gasteiger partial charge in [0.1, 0.15) is 5.54 Å². The van der Waals surface area contributed by atoms with Crippen LogP contribution < -0.4 is 11.5 Å². The summed E-state index contributed by atoms with van der Waals surface area (Å²) in [6.45, 7) is 7.38. The molecule has 1 atom stereocenters. The van der Waals surface area contributed by atoms with Gasteiger partial charge in [0.15, 0.2) is 0 Å². The van der Waals surface area contributed by atoms with Crippen LogP contribution in [0.15, 0.2) is 0 Å². The second kappa shape index (κ2) is 3.41. The zero-order chi connectivity index (χ0) is 9.99. The number of amides is 1. The van der Waals surface area contributed by atoms with Crippen LogP contribution in [-0.4, -0.2) is 23.7 Å². The summed E-state index contributed by atoms with van der Waals surface area (Å²) in [5, 5.41) is 0. The van der Waals surface area contributed by atoms with Crippen molar-refractivity contribution >= 4 is 5.91 Å². The average Bonchev–Trinajstić information content (AvgIpc) is 1.82. The van der Waals surface area contributed by atoms with Gasteiger partial charge in [-0.05, 0) is 27.7 Å². The molecular weight excluding hydrogens is 156 g/mol. The lowest BCUT2D eigenvalue weighted by Gasteiger charge is -2.26. The van der Waals surface area contributed by atoms with E-state index in [0.29, 0.717) is 0 Å². The molecule has 4 nitrogen and oxygen atoms in total. The van der Waals surface area contributed by atoms with Crippen LogP contribution in [0.25, 0.3) is 0 Å². The van der Waals surface area contributed by atoms with E-state index in [4.69, 9.17) is 16.2 Å². The smallest absolute Gasteiger partial charge is 0.239 e. The number of nitrogens with two attached hydrogens (primary N) is 2. The molecule has 0 radical (unpaired) electrons. The molecule has 0 heterocycles. The first-order valence-electron chi connectivity index (χ1n) is 3.88. The van der Waals surface area contributed by atoms with Gasteiger partial charge < -0.3 is 16.2 Å². The van der Waals surface area contributed by atoms with E-state index < -0.39 is 11.4 Å². The number of rotatable bonds is 3. The Hall–Kier alpha value is -0.610. The van der Waals surface area contributed by atoms with E-state index in [1.54, 1.807) is 6.92 Å². The van der Waals surface area contributed by atoms with Gasteiger partial charge in [-0.1, -0.05) is 0 Å². The fourth-order valence-electron chi connectivity index (χ4n) is 0.438. The molecule has 4 N–H and O–H groups in total. The largest absolute Gasteiger partial charge is 0.373 e. The van der Waals surface area contributed by atoms with Crippen molar-refractivity contribution < 1.29 is 9.53 Å². The zero-order valence-corrected chi connectivity index (χ0v) is 8.18. The molecule has 0 saturated carbocycles. The maximum atomic E-state index is 10.8. The number of carbonyl (C=O) groups is 1. The summed E-state index contributed by atoms with van der Waals surface area (Å²) in [6.07, 6.45) is 0. The number of hydrogen-bond donors (Lipinski definition) is 2. The lowest BCUT2D eigenvalue weighted by molar-refractivity contribution is -0.127. The minimum atomic E-state index is -1.08. The predicted molar refractivity (Wildman–Crippen MR) is 47.5 cm³/mol. The Balaban J connectivity index is 4.01. The van der Waals surface area contributed by atoms with Crippen molar-refractivity contribution in [3.63, 3.8) is 0 Å². The highest BCUT2D eigenvalue weighted by Crippen LogP contribution is 2.10. The molecule has 72 valence electrons. The summed E-state index contributed by atoms with van der Waals surface area (Å²) in [6, 6.07) is 0. The van der Waals surface area contributed by atoms with Gasteiger partial charge in [-0.2, -0.15) is 0 Å². The van der Waals surface area contributed by atoms with Crippen LogP contribution in [0.3, 0.4) is 0 Å². The first kappa shape index (κ1) is 11.4. The van der Waals surface area contributed by atoms with Gasteiger partial charge in [-0.15, -0.1) is 0 Å². The van der Waals surface area contributed by atoms with Crippen molar-refractivity contribution in [3.8, 4) is 0 Å². The Labute approximate surface area is 73.2 Å². The Morgan fingerprint density at radius 2 is 1.75 bits per heavy atom. The molecule has 0 rings (SSSR count). The van der Waals surface area contributed by atoms with Gasteiger partial charge >= 0.3 is 0 Å². The lowest BCUT2D eigenvalue weighted by atomic mass is 10.0. The molecule has 0 aliphatic rings. The van der Waals surface area contributed by atoms with Gasteiger partial charge in [0.05, 0.1) is 12.2 Å². The summed E-state index contributed by atoms with van der Waals surface area (Å²) >= 11 is 0. The third-order valence-corrected chi connectivity index (χ3v) is 1.37. The molecule has 0 saturated heterocycles. The summed E-state index contributed by atoms with van der Waals surface area (Å²) < 4.78 is 5.33. The fourth-order valence-corrected chi connectivity index (χ4v) is 0.438. The van der Waals surface area contributed by atoms with Crippen molar-refractivity contribution in [3.05, 3.63) is 0 Å². The third-order valence-electron chi connectivity index (χ3n) is 1.37. The molecule has 0 aliphatic heterocycles. The monoisotopic (exact) mass is 174 g/mol. The summed E-state index contributed by atoms with van der Waals surface area (Å²) in [7, 11) is 0. The molecule has 0 aromatic rings. The molecule has 1 amide bonds. The minimum Gasteiger partial charge on any atom is -0.373 e. The van der Waals surface area contributed by atoms with Crippen LogP contribution in [0.4, 0.5) is 0 Å². The van der Waals surface area contributed by atoms with Crippen molar-refractivity contribution in [2.45, 2.75) is 38.8 Å². The standard InChI is InChI=1S/C8H18N2O2/c1-7(2,3)12-5-8(4,10)6(9)11/h5,10H2,1-4H3,(H2,9,11). The first-order valence-corrected chi connectivity index (χ1v) is 3.88. The number of carbonyl (C=O) groups excluding carboxylic acids is 1. The van der Waals surface area contributed by atoms with Crippen molar-refractivity contribution in [2.24, 2.45) is 11.5 Å². The van der Waals surface area contributed by atoms with Crippen LogP contribution in [0.5, 0.6) is 0 Å². The van der Waals surface area contributed by atoms with Gasteiger partial charge in [0.25, 0.3) is 0 Å². The minimum absolute atomic E-state index is 0.145. The zero-order valence-electron chi connectivity index (χ0n) is 8.18. The summed E-state index contributed by atoms with van der Waals surface area (Å²) in [4.78, 5) is 10.8. The van der Waals surface area contributed by atoms with E-state index >= 15 is 0 Å². The van der Waals surface area contributed by atoms with Gasteiger partial charge in [-0.25, -0.2) is 0 Å². The van der Waals surface area contributed by atoms with E-state index in [1.807, 2.05) is 20.8 Å². The Kier molecular flexibility index (Phi) is 3.24. The van der Waals surface area contributed by atoms with E-state index in [1.165, 1.54) is 0 Å². The van der Waals surface area contributed by atoms with Crippen LogP contribution in [0, 0.1) is 0 Å². The molecule has 1 unspecified atom stereocenters. The molecule has 0 aliphatic carbocycles. The normalized spacial score (nSPS) is 17.1. The maximum Gasteiger partial charge on any atom is 0.239 e.